The number of carbonyl (C=O) groups excluding carboxylic acids is 1. The van der Waals surface area contributed by atoms with Crippen LogP contribution in [0.25, 0.3) is 0 Å². The van der Waals surface area contributed by atoms with Gasteiger partial charge in [0.1, 0.15) is 5.82 Å². The molecule has 1 aromatic carbocycles. The predicted octanol–water partition coefficient (Wildman–Crippen LogP) is 4.67. The summed E-state index contributed by atoms with van der Waals surface area (Å²) < 4.78 is 40.0. The van der Waals surface area contributed by atoms with E-state index in [9.17, 15) is 18.0 Å². The van der Waals surface area contributed by atoms with E-state index in [2.05, 4.69) is 10.3 Å². The number of benzene rings is 1. The molecule has 0 spiro atoms. The van der Waals surface area contributed by atoms with Crippen LogP contribution >= 0.6 is 11.6 Å². The highest BCUT2D eigenvalue weighted by Crippen LogP contribution is 2.37. The molecule has 1 saturated heterocycles. The van der Waals surface area contributed by atoms with E-state index in [1.807, 2.05) is 19.0 Å². The van der Waals surface area contributed by atoms with E-state index >= 15 is 0 Å². The van der Waals surface area contributed by atoms with Crippen LogP contribution in [0, 0.1) is 5.92 Å². The predicted molar refractivity (Wildman–Crippen MR) is 109 cm³/mol. The van der Waals surface area contributed by atoms with Gasteiger partial charge >= 0.3 is 6.18 Å². The summed E-state index contributed by atoms with van der Waals surface area (Å²) in [5, 5.41) is 3.37. The third kappa shape index (κ3) is 4.93. The molecule has 1 fully saturated rings. The van der Waals surface area contributed by atoms with Gasteiger partial charge in [0, 0.05) is 38.4 Å². The number of pyridine rings is 1. The molecule has 9 heteroatoms. The Hall–Kier alpha value is -2.48. The number of halogens is 4. The Kier molecular flexibility index (Phi) is 6.21. The fraction of sp³-hybridized carbons (Fsp3) is 0.400. The topological polar surface area (TPSA) is 48.5 Å². The van der Waals surface area contributed by atoms with Crippen LogP contribution in [0.15, 0.2) is 36.5 Å². The zero-order valence-corrected chi connectivity index (χ0v) is 16.9. The zero-order valence-electron chi connectivity index (χ0n) is 16.1. The number of amides is 1. The normalized spacial score (nSPS) is 17.2. The lowest BCUT2D eigenvalue weighted by molar-refractivity contribution is -0.137. The van der Waals surface area contributed by atoms with Gasteiger partial charge in [-0.05, 0) is 43.2 Å². The van der Waals surface area contributed by atoms with Gasteiger partial charge in [-0.1, -0.05) is 11.6 Å². The first-order valence-corrected chi connectivity index (χ1v) is 9.59. The van der Waals surface area contributed by atoms with Crippen molar-refractivity contribution in [2.24, 2.45) is 5.92 Å². The van der Waals surface area contributed by atoms with Gasteiger partial charge in [-0.3, -0.25) is 4.79 Å². The van der Waals surface area contributed by atoms with E-state index in [0.29, 0.717) is 30.1 Å². The maximum Gasteiger partial charge on any atom is 0.419 e. The van der Waals surface area contributed by atoms with Crippen molar-refractivity contribution in [2.45, 2.75) is 19.0 Å². The largest absolute Gasteiger partial charge is 0.419 e. The van der Waals surface area contributed by atoms with E-state index in [0.717, 1.165) is 11.8 Å². The summed E-state index contributed by atoms with van der Waals surface area (Å²) in [6.07, 6.45) is -1.97. The number of hydrogen-bond donors (Lipinski definition) is 1. The smallest absolute Gasteiger partial charge is 0.376 e. The molecule has 1 aliphatic heterocycles. The second kappa shape index (κ2) is 8.49. The van der Waals surface area contributed by atoms with Crippen LogP contribution in [0.5, 0.6) is 0 Å². The first-order chi connectivity index (χ1) is 13.7. The molecular weight excluding hydrogens is 405 g/mol. The van der Waals surface area contributed by atoms with Crippen LogP contribution in [-0.4, -0.2) is 38.1 Å². The van der Waals surface area contributed by atoms with Crippen LogP contribution in [0.1, 0.15) is 18.4 Å². The second-order valence-corrected chi connectivity index (χ2v) is 7.64. The van der Waals surface area contributed by atoms with Crippen molar-refractivity contribution in [3.8, 4) is 0 Å². The Balaban J connectivity index is 1.79. The van der Waals surface area contributed by atoms with E-state index in [1.165, 1.54) is 12.3 Å². The molecular formula is C20H22ClF3N4O. The van der Waals surface area contributed by atoms with Crippen molar-refractivity contribution in [2.75, 3.05) is 42.3 Å². The standard InChI is InChI=1S/C20H22ClF3N4O/c1-27(2)17-8-7-14(21)11-16(17)26-19(29)13-5-4-10-28(12-13)18-15(20(22,23)24)6-3-9-25-18/h3,6-9,11,13H,4-5,10,12H2,1-2H3,(H,26,29). The molecule has 1 aliphatic rings. The molecule has 0 saturated carbocycles. The second-order valence-electron chi connectivity index (χ2n) is 7.20. The Morgan fingerprint density at radius 1 is 1.31 bits per heavy atom. The number of alkyl halides is 3. The van der Waals surface area contributed by atoms with Crippen LogP contribution in [0.3, 0.4) is 0 Å². The lowest BCUT2D eigenvalue weighted by Crippen LogP contribution is -2.42. The zero-order chi connectivity index (χ0) is 21.2. The number of nitrogens with one attached hydrogen (secondary N) is 1. The maximum absolute atomic E-state index is 13.3. The van der Waals surface area contributed by atoms with Crippen LogP contribution in [0.2, 0.25) is 5.02 Å². The highest BCUT2D eigenvalue weighted by molar-refractivity contribution is 6.31. The molecule has 29 heavy (non-hydrogen) atoms. The summed E-state index contributed by atoms with van der Waals surface area (Å²) in [5.41, 5.74) is 0.573. The quantitative estimate of drug-likeness (QED) is 0.771. The maximum atomic E-state index is 13.3. The lowest BCUT2D eigenvalue weighted by atomic mass is 9.96. The Morgan fingerprint density at radius 3 is 2.76 bits per heavy atom. The number of anilines is 3. The average Bonchev–Trinajstić information content (AvgIpc) is 2.67. The molecule has 1 aromatic heterocycles. The summed E-state index contributed by atoms with van der Waals surface area (Å²) in [5.74, 6) is -0.834. The third-order valence-corrected chi connectivity index (χ3v) is 5.12. The van der Waals surface area contributed by atoms with Gasteiger partial charge in [0.25, 0.3) is 0 Å². The van der Waals surface area contributed by atoms with Gasteiger partial charge in [-0.15, -0.1) is 0 Å². The highest BCUT2D eigenvalue weighted by Gasteiger charge is 2.37. The Labute approximate surface area is 172 Å². The summed E-state index contributed by atoms with van der Waals surface area (Å²) in [7, 11) is 3.70. The van der Waals surface area contributed by atoms with Crippen molar-refractivity contribution in [3.05, 3.63) is 47.1 Å². The van der Waals surface area contributed by atoms with Crippen molar-refractivity contribution >= 4 is 34.7 Å². The molecule has 3 rings (SSSR count). The monoisotopic (exact) mass is 426 g/mol. The first-order valence-electron chi connectivity index (χ1n) is 9.21. The minimum absolute atomic E-state index is 0.130. The first kappa shape index (κ1) is 21.2. The van der Waals surface area contributed by atoms with Gasteiger partial charge in [-0.2, -0.15) is 13.2 Å². The molecule has 1 unspecified atom stereocenters. The molecule has 2 aromatic rings. The third-order valence-electron chi connectivity index (χ3n) is 4.88. The molecule has 1 atom stereocenters. The molecule has 2 heterocycles. The van der Waals surface area contributed by atoms with Crippen LogP contribution in [0.4, 0.5) is 30.4 Å². The molecule has 0 radical (unpaired) electrons. The van der Waals surface area contributed by atoms with Gasteiger partial charge in [-0.25, -0.2) is 4.98 Å². The van der Waals surface area contributed by atoms with E-state index in [1.54, 1.807) is 23.1 Å². The fourth-order valence-electron chi connectivity index (χ4n) is 3.49. The van der Waals surface area contributed by atoms with Crippen LogP contribution < -0.4 is 15.1 Å². The van der Waals surface area contributed by atoms with Gasteiger partial charge in [0.05, 0.1) is 22.9 Å². The number of rotatable bonds is 4. The summed E-state index contributed by atoms with van der Waals surface area (Å²) in [6, 6.07) is 7.48. The number of hydrogen-bond acceptors (Lipinski definition) is 4. The number of carbonyl (C=O) groups is 1. The lowest BCUT2D eigenvalue weighted by Gasteiger charge is -2.34. The minimum atomic E-state index is -4.50. The number of aromatic nitrogens is 1. The van der Waals surface area contributed by atoms with Gasteiger partial charge < -0.3 is 15.1 Å². The van der Waals surface area contributed by atoms with Crippen molar-refractivity contribution in [1.29, 1.82) is 0 Å². The van der Waals surface area contributed by atoms with Crippen molar-refractivity contribution in [3.63, 3.8) is 0 Å². The fourth-order valence-corrected chi connectivity index (χ4v) is 3.66. The van der Waals surface area contributed by atoms with E-state index in [4.69, 9.17) is 11.6 Å². The summed E-state index contributed by atoms with van der Waals surface area (Å²) >= 11 is 6.06. The Bertz CT molecular complexity index is 888. The number of nitrogens with zero attached hydrogens (tertiary/aromatic N) is 3. The van der Waals surface area contributed by atoms with E-state index < -0.39 is 17.7 Å². The van der Waals surface area contributed by atoms with Gasteiger partial charge in [0.2, 0.25) is 5.91 Å². The summed E-state index contributed by atoms with van der Waals surface area (Å²) in [6.45, 7) is 0.591. The molecule has 1 amide bonds. The Morgan fingerprint density at radius 2 is 2.07 bits per heavy atom. The van der Waals surface area contributed by atoms with E-state index in [-0.39, 0.29) is 18.3 Å². The van der Waals surface area contributed by atoms with Crippen LogP contribution in [-0.2, 0) is 11.0 Å². The highest BCUT2D eigenvalue weighted by atomic mass is 35.5. The molecule has 5 nitrogen and oxygen atoms in total. The van der Waals surface area contributed by atoms with Crippen molar-refractivity contribution in [1.82, 2.24) is 4.98 Å². The SMILES string of the molecule is CN(C)c1ccc(Cl)cc1NC(=O)C1CCCN(c2ncccc2C(F)(F)F)C1. The van der Waals surface area contributed by atoms with Gasteiger partial charge in [0.15, 0.2) is 0 Å². The molecule has 1 N–H and O–H groups in total. The summed E-state index contributed by atoms with van der Waals surface area (Å²) in [4.78, 5) is 20.2. The average molecular weight is 427 g/mol. The molecule has 0 aliphatic carbocycles. The molecule has 0 bridgehead atoms. The minimum Gasteiger partial charge on any atom is -0.376 e. The molecule has 156 valence electrons. The van der Waals surface area contributed by atoms with Crippen molar-refractivity contribution < 1.29 is 18.0 Å². The number of piperidine rings is 1.